The fourth-order valence-corrected chi connectivity index (χ4v) is 4.88. The Labute approximate surface area is 165 Å². The van der Waals surface area contributed by atoms with E-state index in [4.69, 9.17) is 4.74 Å². The fraction of sp³-hybridized carbons (Fsp3) is 0.455. The van der Waals surface area contributed by atoms with E-state index in [1.807, 2.05) is 13.0 Å². The van der Waals surface area contributed by atoms with Crippen molar-refractivity contribution in [1.29, 1.82) is 5.26 Å². The van der Waals surface area contributed by atoms with E-state index in [1.165, 1.54) is 4.88 Å². The molecule has 0 fully saturated rings. The van der Waals surface area contributed by atoms with E-state index in [9.17, 15) is 10.1 Å². The van der Waals surface area contributed by atoms with Gasteiger partial charge in [0.25, 0.3) is 5.91 Å². The molecule has 3 rings (SSSR count). The maximum Gasteiger partial charge on any atom is 0.262 e. The van der Waals surface area contributed by atoms with Gasteiger partial charge in [-0.25, -0.2) is 0 Å². The van der Waals surface area contributed by atoms with Gasteiger partial charge in [0.1, 0.15) is 16.8 Å². The van der Waals surface area contributed by atoms with Gasteiger partial charge in [-0.1, -0.05) is 32.9 Å². The molecule has 142 valence electrons. The Balaban J connectivity index is 1.71. The van der Waals surface area contributed by atoms with Gasteiger partial charge in [-0.05, 0) is 60.8 Å². The molecule has 1 amide bonds. The number of anilines is 1. The summed E-state index contributed by atoms with van der Waals surface area (Å²) in [6.07, 6.45) is 3.01. The lowest BCUT2D eigenvalue weighted by molar-refractivity contribution is -0.118. The second-order valence-corrected chi connectivity index (χ2v) is 8.81. The second kappa shape index (κ2) is 8.14. The minimum atomic E-state index is -0.227. The van der Waals surface area contributed by atoms with Crippen molar-refractivity contribution in [3.63, 3.8) is 0 Å². The van der Waals surface area contributed by atoms with Crippen LogP contribution >= 0.6 is 11.3 Å². The van der Waals surface area contributed by atoms with Crippen LogP contribution in [0.5, 0.6) is 5.75 Å². The molecule has 0 aliphatic heterocycles. The SMILES string of the molecule is Cc1ccc(C(C)C)c(OCC(=O)Nc2sc3c(c2C#N)CC[C@@H](C)C3)c1. The first kappa shape index (κ1) is 19.4. The van der Waals surface area contributed by atoms with Crippen LogP contribution in [0, 0.1) is 24.2 Å². The van der Waals surface area contributed by atoms with Crippen molar-refractivity contribution < 1.29 is 9.53 Å². The molecule has 1 aliphatic carbocycles. The number of aryl methyl sites for hydroxylation is 1. The molecule has 4 nitrogen and oxygen atoms in total. The van der Waals surface area contributed by atoms with E-state index < -0.39 is 0 Å². The Hall–Kier alpha value is -2.32. The van der Waals surface area contributed by atoms with Gasteiger partial charge in [-0.2, -0.15) is 5.26 Å². The summed E-state index contributed by atoms with van der Waals surface area (Å²) in [5, 5.41) is 13.1. The normalized spacial score (nSPS) is 15.9. The highest BCUT2D eigenvalue weighted by molar-refractivity contribution is 7.16. The lowest BCUT2D eigenvalue weighted by Gasteiger charge is -2.17. The minimum absolute atomic E-state index is 0.0625. The van der Waals surface area contributed by atoms with Crippen molar-refractivity contribution in [2.24, 2.45) is 5.92 Å². The summed E-state index contributed by atoms with van der Waals surface area (Å²) in [5.41, 5.74) is 3.94. The number of carbonyl (C=O) groups is 1. The molecular formula is C22H26N2O2S. The third-order valence-electron chi connectivity index (χ3n) is 5.03. The molecule has 0 bridgehead atoms. The van der Waals surface area contributed by atoms with Crippen LogP contribution in [-0.4, -0.2) is 12.5 Å². The zero-order valence-corrected chi connectivity index (χ0v) is 17.2. The molecule has 0 saturated heterocycles. The Morgan fingerprint density at radius 2 is 2.22 bits per heavy atom. The fourth-order valence-electron chi connectivity index (χ4n) is 3.51. The molecule has 1 aliphatic rings. The molecule has 5 heteroatoms. The van der Waals surface area contributed by atoms with Crippen LogP contribution in [0.1, 0.15) is 60.2 Å². The number of nitrogens with one attached hydrogen (secondary N) is 1. The second-order valence-electron chi connectivity index (χ2n) is 7.70. The monoisotopic (exact) mass is 382 g/mol. The topological polar surface area (TPSA) is 62.1 Å². The molecule has 0 saturated carbocycles. The summed E-state index contributed by atoms with van der Waals surface area (Å²) < 4.78 is 5.82. The van der Waals surface area contributed by atoms with Gasteiger partial charge in [0, 0.05) is 4.88 Å². The molecule has 1 atom stereocenters. The highest BCUT2D eigenvalue weighted by atomic mass is 32.1. The van der Waals surface area contributed by atoms with Gasteiger partial charge < -0.3 is 10.1 Å². The van der Waals surface area contributed by atoms with Crippen molar-refractivity contribution in [2.45, 2.75) is 52.9 Å². The van der Waals surface area contributed by atoms with Gasteiger partial charge in [0.2, 0.25) is 0 Å². The first-order valence-electron chi connectivity index (χ1n) is 9.46. The predicted octanol–water partition coefficient (Wildman–Crippen LogP) is 5.19. The Bertz CT molecular complexity index is 892. The van der Waals surface area contributed by atoms with Crippen LogP contribution in [0.3, 0.4) is 0 Å². The van der Waals surface area contributed by atoms with E-state index >= 15 is 0 Å². The number of ether oxygens (including phenoxy) is 1. The van der Waals surface area contributed by atoms with Crippen molar-refractivity contribution in [2.75, 3.05) is 11.9 Å². The number of hydrogen-bond donors (Lipinski definition) is 1. The molecular weight excluding hydrogens is 356 g/mol. The van der Waals surface area contributed by atoms with Gasteiger partial charge in [0.05, 0.1) is 5.56 Å². The highest BCUT2D eigenvalue weighted by Crippen LogP contribution is 2.39. The smallest absolute Gasteiger partial charge is 0.262 e. The standard InChI is InChI=1S/C22H26N2O2S/c1-13(2)16-7-5-14(3)9-19(16)26-12-21(25)24-22-18(11-23)17-8-6-15(4)10-20(17)27-22/h5,7,9,13,15H,6,8,10,12H2,1-4H3,(H,24,25)/t15-/m1/s1. The van der Waals surface area contributed by atoms with E-state index in [-0.39, 0.29) is 12.5 Å². The number of fused-ring (bicyclic) bond motifs is 1. The third kappa shape index (κ3) is 4.33. The van der Waals surface area contributed by atoms with Crippen LogP contribution < -0.4 is 10.1 Å². The molecule has 1 aromatic carbocycles. The molecule has 1 heterocycles. The van der Waals surface area contributed by atoms with Crippen LogP contribution in [0.2, 0.25) is 0 Å². The van der Waals surface area contributed by atoms with Gasteiger partial charge in [-0.3, -0.25) is 4.79 Å². The number of hydrogen-bond acceptors (Lipinski definition) is 4. The summed E-state index contributed by atoms with van der Waals surface area (Å²) in [4.78, 5) is 13.7. The summed E-state index contributed by atoms with van der Waals surface area (Å²) in [7, 11) is 0. The Morgan fingerprint density at radius 3 is 2.93 bits per heavy atom. The molecule has 0 spiro atoms. The number of nitriles is 1. The lowest BCUT2D eigenvalue weighted by Crippen LogP contribution is -2.20. The maximum atomic E-state index is 12.5. The summed E-state index contributed by atoms with van der Waals surface area (Å²) in [6, 6.07) is 8.36. The van der Waals surface area contributed by atoms with E-state index in [2.05, 4.69) is 44.3 Å². The Morgan fingerprint density at radius 1 is 1.44 bits per heavy atom. The maximum absolute atomic E-state index is 12.5. The zero-order valence-electron chi connectivity index (χ0n) is 16.4. The van der Waals surface area contributed by atoms with E-state index in [0.717, 1.165) is 41.7 Å². The van der Waals surface area contributed by atoms with Gasteiger partial charge in [0.15, 0.2) is 6.61 Å². The zero-order chi connectivity index (χ0) is 19.6. The molecule has 1 N–H and O–H groups in total. The van der Waals surface area contributed by atoms with Crippen LogP contribution in [0.4, 0.5) is 5.00 Å². The summed E-state index contributed by atoms with van der Waals surface area (Å²) in [6.45, 7) is 8.39. The van der Waals surface area contributed by atoms with Crippen molar-refractivity contribution in [1.82, 2.24) is 0 Å². The Kier molecular flexibility index (Phi) is 5.86. The van der Waals surface area contributed by atoms with Crippen LogP contribution in [-0.2, 0) is 17.6 Å². The first-order chi connectivity index (χ1) is 12.9. The van der Waals surface area contributed by atoms with Gasteiger partial charge >= 0.3 is 0 Å². The predicted molar refractivity (Wildman–Crippen MR) is 110 cm³/mol. The molecule has 2 aromatic rings. The summed E-state index contributed by atoms with van der Waals surface area (Å²) >= 11 is 1.54. The van der Waals surface area contributed by atoms with Crippen molar-refractivity contribution in [3.8, 4) is 11.8 Å². The van der Waals surface area contributed by atoms with E-state index in [1.54, 1.807) is 11.3 Å². The molecule has 0 unspecified atom stereocenters. The number of nitrogens with zero attached hydrogens (tertiary/aromatic N) is 1. The van der Waals surface area contributed by atoms with Crippen molar-refractivity contribution >= 4 is 22.2 Å². The third-order valence-corrected chi connectivity index (χ3v) is 6.20. The van der Waals surface area contributed by atoms with Crippen LogP contribution in [0.15, 0.2) is 18.2 Å². The average molecular weight is 383 g/mol. The first-order valence-corrected chi connectivity index (χ1v) is 10.3. The largest absolute Gasteiger partial charge is 0.483 e. The molecule has 1 aromatic heterocycles. The quantitative estimate of drug-likeness (QED) is 0.774. The number of amides is 1. The number of carbonyl (C=O) groups excluding carboxylic acids is 1. The number of rotatable bonds is 5. The number of thiophene rings is 1. The highest BCUT2D eigenvalue weighted by Gasteiger charge is 2.24. The average Bonchev–Trinajstić information content (AvgIpc) is 2.95. The molecule has 0 radical (unpaired) electrons. The summed E-state index contributed by atoms with van der Waals surface area (Å²) in [5.74, 6) is 1.47. The van der Waals surface area contributed by atoms with E-state index in [0.29, 0.717) is 22.4 Å². The van der Waals surface area contributed by atoms with Gasteiger partial charge in [-0.15, -0.1) is 11.3 Å². The lowest BCUT2D eigenvalue weighted by atomic mass is 9.89. The number of benzene rings is 1. The van der Waals surface area contributed by atoms with Crippen LogP contribution in [0.25, 0.3) is 0 Å². The molecule has 27 heavy (non-hydrogen) atoms. The van der Waals surface area contributed by atoms with Crippen molar-refractivity contribution in [3.05, 3.63) is 45.3 Å². The minimum Gasteiger partial charge on any atom is -0.483 e.